The highest BCUT2D eigenvalue weighted by molar-refractivity contribution is 7.09. The molecule has 124 valence electrons. The Labute approximate surface area is 134 Å². The molecule has 0 saturated heterocycles. The van der Waals surface area contributed by atoms with Crippen molar-refractivity contribution in [2.45, 2.75) is 38.8 Å². The molecule has 1 aromatic heterocycles. The number of amides is 2. The first-order valence-corrected chi connectivity index (χ1v) is 8.00. The number of methoxy groups -OCH3 is 1. The zero-order chi connectivity index (χ0) is 16.7. The summed E-state index contributed by atoms with van der Waals surface area (Å²) in [7, 11) is 2.94. The Kier molecular flexibility index (Phi) is 7.26. The van der Waals surface area contributed by atoms with E-state index in [9.17, 15) is 9.59 Å². The first-order valence-electron chi connectivity index (χ1n) is 7.12. The SMILES string of the molecule is COC(=O)[C@H](CCN)NC(=O)N(C)Cc1csc(C(C)C)n1. The quantitative estimate of drug-likeness (QED) is 0.735. The Hall–Kier alpha value is -1.67. The molecule has 3 N–H and O–H groups in total. The van der Waals surface area contributed by atoms with E-state index in [0.29, 0.717) is 18.9 Å². The number of esters is 1. The van der Waals surface area contributed by atoms with Crippen molar-refractivity contribution < 1.29 is 14.3 Å². The molecule has 0 aromatic carbocycles. The maximum Gasteiger partial charge on any atom is 0.328 e. The van der Waals surface area contributed by atoms with Gasteiger partial charge in [0.2, 0.25) is 0 Å². The largest absolute Gasteiger partial charge is 0.467 e. The van der Waals surface area contributed by atoms with Crippen LogP contribution in [0, 0.1) is 0 Å². The molecule has 7 nitrogen and oxygen atoms in total. The first-order chi connectivity index (χ1) is 10.4. The lowest BCUT2D eigenvalue weighted by molar-refractivity contribution is -0.143. The second-order valence-corrected chi connectivity index (χ2v) is 6.18. The van der Waals surface area contributed by atoms with E-state index < -0.39 is 12.0 Å². The number of hydrogen-bond acceptors (Lipinski definition) is 6. The smallest absolute Gasteiger partial charge is 0.328 e. The second kappa shape index (κ2) is 8.70. The summed E-state index contributed by atoms with van der Waals surface area (Å²) in [4.78, 5) is 29.7. The standard InChI is InChI=1S/C14H24N4O3S/c1-9(2)12-16-10(8-22-12)7-18(3)14(20)17-11(5-6-15)13(19)21-4/h8-9,11H,5-7,15H2,1-4H3,(H,17,20)/t11-/m0/s1. The van der Waals surface area contributed by atoms with Crippen molar-refractivity contribution in [1.82, 2.24) is 15.2 Å². The van der Waals surface area contributed by atoms with Gasteiger partial charge >= 0.3 is 12.0 Å². The molecule has 1 atom stereocenters. The molecular weight excluding hydrogens is 304 g/mol. The summed E-state index contributed by atoms with van der Waals surface area (Å²) in [5, 5.41) is 5.61. The Bertz CT molecular complexity index is 504. The van der Waals surface area contributed by atoms with Gasteiger partial charge in [0.25, 0.3) is 0 Å². The van der Waals surface area contributed by atoms with Gasteiger partial charge < -0.3 is 20.7 Å². The average Bonchev–Trinajstić information content (AvgIpc) is 2.94. The molecule has 0 fully saturated rings. The molecule has 1 heterocycles. The topological polar surface area (TPSA) is 97.5 Å². The lowest BCUT2D eigenvalue weighted by Gasteiger charge is -2.21. The fourth-order valence-corrected chi connectivity index (χ4v) is 2.62. The van der Waals surface area contributed by atoms with Gasteiger partial charge in [0.05, 0.1) is 24.4 Å². The molecular formula is C14H24N4O3S. The van der Waals surface area contributed by atoms with E-state index in [2.05, 4.69) is 28.9 Å². The van der Waals surface area contributed by atoms with Crippen molar-refractivity contribution >= 4 is 23.3 Å². The van der Waals surface area contributed by atoms with E-state index >= 15 is 0 Å². The summed E-state index contributed by atoms with van der Waals surface area (Å²) >= 11 is 1.58. The first kappa shape index (κ1) is 18.4. The number of thiazole rings is 1. The third kappa shape index (κ3) is 5.27. The van der Waals surface area contributed by atoms with Crippen LogP contribution in [0.5, 0.6) is 0 Å². The highest BCUT2D eigenvalue weighted by atomic mass is 32.1. The average molecular weight is 328 g/mol. The number of nitrogens with two attached hydrogens (primary N) is 1. The minimum absolute atomic E-state index is 0.285. The summed E-state index contributed by atoms with van der Waals surface area (Å²) < 4.78 is 4.66. The lowest BCUT2D eigenvalue weighted by atomic mass is 10.2. The number of aromatic nitrogens is 1. The van der Waals surface area contributed by atoms with Crippen LogP contribution in [-0.2, 0) is 16.1 Å². The van der Waals surface area contributed by atoms with Crippen LogP contribution in [0.4, 0.5) is 4.79 Å². The molecule has 1 rings (SSSR count). The number of carbonyl (C=O) groups excluding carboxylic acids is 2. The Morgan fingerprint density at radius 3 is 2.68 bits per heavy atom. The van der Waals surface area contributed by atoms with Gasteiger partial charge in [-0.1, -0.05) is 13.8 Å². The van der Waals surface area contributed by atoms with E-state index in [4.69, 9.17) is 5.73 Å². The minimum atomic E-state index is -0.730. The van der Waals surface area contributed by atoms with E-state index in [-0.39, 0.29) is 12.6 Å². The molecule has 0 aliphatic carbocycles. The predicted molar refractivity (Wildman–Crippen MR) is 85.7 cm³/mol. The van der Waals surface area contributed by atoms with Crippen LogP contribution in [0.1, 0.15) is 36.9 Å². The third-order valence-corrected chi connectivity index (χ3v) is 4.24. The van der Waals surface area contributed by atoms with E-state index in [1.165, 1.54) is 12.0 Å². The van der Waals surface area contributed by atoms with Crippen molar-refractivity contribution in [3.8, 4) is 0 Å². The number of nitrogens with zero attached hydrogens (tertiary/aromatic N) is 2. The number of ether oxygens (including phenoxy) is 1. The summed E-state index contributed by atoms with van der Waals surface area (Å²) in [5.74, 6) is -0.130. The molecule has 0 unspecified atom stereocenters. The summed E-state index contributed by atoms with van der Waals surface area (Å²) in [5.41, 5.74) is 6.28. The minimum Gasteiger partial charge on any atom is -0.467 e. The molecule has 0 aliphatic rings. The van der Waals surface area contributed by atoms with Gasteiger partial charge in [-0.15, -0.1) is 11.3 Å². The van der Waals surface area contributed by atoms with Crippen LogP contribution < -0.4 is 11.1 Å². The number of rotatable bonds is 7. The van der Waals surface area contributed by atoms with Crippen molar-refractivity contribution in [3.63, 3.8) is 0 Å². The van der Waals surface area contributed by atoms with Gasteiger partial charge in [-0.3, -0.25) is 0 Å². The predicted octanol–water partition coefficient (Wildman–Crippen LogP) is 1.30. The number of hydrogen-bond donors (Lipinski definition) is 2. The van der Waals surface area contributed by atoms with Gasteiger partial charge in [-0.2, -0.15) is 0 Å². The maximum absolute atomic E-state index is 12.1. The van der Waals surface area contributed by atoms with Crippen molar-refractivity contribution in [2.75, 3.05) is 20.7 Å². The normalized spacial score (nSPS) is 12.1. The van der Waals surface area contributed by atoms with Crippen LogP contribution in [0.25, 0.3) is 0 Å². The van der Waals surface area contributed by atoms with Gasteiger partial charge in [-0.05, 0) is 13.0 Å². The van der Waals surface area contributed by atoms with E-state index in [1.54, 1.807) is 18.4 Å². The highest BCUT2D eigenvalue weighted by Crippen LogP contribution is 2.19. The van der Waals surface area contributed by atoms with Crippen LogP contribution in [0.15, 0.2) is 5.38 Å². The van der Waals surface area contributed by atoms with Gasteiger partial charge in [0.15, 0.2) is 0 Å². The molecule has 0 saturated carbocycles. The van der Waals surface area contributed by atoms with Crippen LogP contribution in [-0.4, -0.2) is 48.6 Å². The van der Waals surface area contributed by atoms with Crippen molar-refractivity contribution in [3.05, 3.63) is 16.1 Å². The number of urea groups is 1. The van der Waals surface area contributed by atoms with Crippen molar-refractivity contribution in [1.29, 1.82) is 0 Å². The van der Waals surface area contributed by atoms with Gasteiger partial charge in [0, 0.05) is 18.3 Å². The number of carbonyl (C=O) groups is 2. The van der Waals surface area contributed by atoms with Crippen molar-refractivity contribution in [2.24, 2.45) is 5.73 Å². The van der Waals surface area contributed by atoms with Crippen LogP contribution >= 0.6 is 11.3 Å². The molecule has 0 bridgehead atoms. The zero-order valence-electron chi connectivity index (χ0n) is 13.5. The maximum atomic E-state index is 12.1. The molecule has 0 aliphatic heterocycles. The second-order valence-electron chi connectivity index (χ2n) is 5.29. The Morgan fingerprint density at radius 1 is 1.50 bits per heavy atom. The molecule has 8 heteroatoms. The molecule has 1 aromatic rings. The fourth-order valence-electron chi connectivity index (χ4n) is 1.79. The summed E-state index contributed by atoms with van der Waals surface area (Å²) in [6.45, 7) is 4.82. The summed E-state index contributed by atoms with van der Waals surface area (Å²) in [6.07, 6.45) is 0.334. The van der Waals surface area contributed by atoms with Gasteiger partial charge in [-0.25, -0.2) is 14.6 Å². The van der Waals surface area contributed by atoms with Crippen LogP contribution in [0.3, 0.4) is 0 Å². The molecule has 0 spiro atoms. The monoisotopic (exact) mass is 328 g/mol. The van der Waals surface area contributed by atoms with E-state index in [1.807, 2.05) is 5.38 Å². The van der Waals surface area contributed by atoms with Crippen LogP contribution in [0.2, 0.25) is 0 Å². The summed E-state index contributed by atoms with van der Waals surface area (Å²) in [6, 6.07) is -1.09. The lowest BCUT2D eigenvalue weighted by Crippen LogP contribution is -2.47. The highest BCUT2D eigenvalue weighted by Gasteiger charge is 2.22. The van der Waals surface area contributed by atoms with E-state index in [0.717, 1.165) is 10.7 Å². The Morgan fingerprint density at radius 2 is 2.18 bits per heavy atom. The third-order valence-electron chi connectivity index (χ3n) is 3.05. The Balaban J connectivity index is 2.61. The zero-order valence-corrected chi connectivity index (χ0v) is 14.3. The molecule has 2 amide bonds. The van der Waals surface area contributed by atoms with Gasteiger partial charge in [0.1, 0.15) is 6.04 Å². The molecule has 22 heavy (non-hydrogen) atoms. The number of nitrogens with one attached hydrogen (secondary N) is 1. The molecule has 0 radical (unpaired) electrons. The fraction of sp³-hybridized carbons (Fsp3) is 0.643.